The van der Waals surface area contributed by atoms with Crippen molar-refractivity contribution in [2.75, 3.05) is 13.1 Å². The van der Waals surface area contributed by atoms with Crippen molar-refractivity contribution < 1.29 is 9.59 Å². The Morgan fingerprint density at radius 1 is 0.917 bits per heavy atom. The average Bonchev–Trinajstić information content (AvgIpc) is 2.64. The number of likely N-dealkylation sites (tertiary alicyclic amines) is 1. The molecule has 2 aromatic carbocycles. The Morgan fingerprint density at radius 3 is 2.25 bits per heavy atom. The molecule has 0 atom stereocenters. The van der Waals surface area contributed by atoms with Gasteiger partial charge in [-0.2, -0.15) is 0 Å². The molecule has 1 aliphatic heterocycles. The van der Waals surface area contributed by atoms with Gasteiger partial charge in [-0.15, -0.1) is 0 Å². The van der Waals surface area contributed by atoms with Crippen LogP contribution in [0.25, 0.3) is 0 Å². The van der Waals surface area contributed by atoms with Crippen molar-refractivity contribution in [3.05, 3.63) is 70.8 Å². The number of hydrogen-bond acceptors (Lipinski definition) is 2. The number of amides is 1. The van der Waals surface area contributed by atoms with Crippen LogP contribution in [0, 0.1) is 19.8 Å². The predicted molar refractivity (Wildman–Crippen MR) is 95.3 cm³/mol. The van der Waals surface area contributed by atoms with Gasteiger partial charge < -0.3 is 4.90 Å². The minimum Gasteiger partial charge on any atom is -0.339 e. The van der Waals surface area contributed by atoms with Crippen molar-refractivity contribution in [3.63, 3.8) is 0 Å². The first-order chi connectivity index (χ1) is 11.6. The second-order valence-corrected chi connectivity index (χ2v) is 6.54. The third-order valence-corrected chi connectivity index (χ3v) is 5.05. The molecule has 3 heteroatoms. The number of piperidine rings is 1. The standard InChI is InChI=1S/C21H23NO2/c1-15-7-6-10-19(16(15)2)21(24)22-13-11-18(12-14-22)20(23)17-8-4-3-5-9-17/h3-10,18H,11-14H2,1-2H3. The Balaban J connectivity index is 1.66. The molecule has 124 valence electrons. The fraction of sp³-hybridized carbons (Fsp3) is 0.333. The maximum Gasteiger partial charge on any atom is 0.254 e. The number of carbonyl (C=O) groups excluding carboxylic acids is 2. The minimum atomic E-state index is 0.0232. The maximum absolute atomic E-state index is 12.8. The smallest absolute Gasteiger partial charge is 0.254 e. The number of ketones is 1. The molecule has 3 nitrogen and oxygen atoms in total. The number of rotatable bonds is 3. The molecule has 0 saturated carbocycles. The highest BCUT2D eigenvalue weighted by atomic mass is 16.2. The SMILES string of the molecule is Cc1cccc(C(=O)N2CCC(C(=O)c3ccccc3)CC2)c1C. The Kier molecular flexibility index (Phi) is 4.79. The van der Waals surface area contributed by atoms with E-state index in [2.05, 4.69) is 0 Å². The van der Waals surface area contributed by atoms with Gasteiger partial charge in [0.25, 0.3) is 5.91 Å². The van der Waals surface area contributed by atoms with E-state index in [1.54, 1.807) is 0 Å². The van der Waals surface area contributed by atoms with Gasteiger partial charge in [-0.25, -0.2) is 0 Å². The van der Waals surface area contributed by atoms with E-state index in [-0.39, 0.29) is 17.6 Å². The lowest BCUT2D eigenvalue weighted by Gasteiger charge is -2.32. The second kappa shape index (κ2) is 7.00. The molecule has 0 spiro atoms. The van der Waals surface area contributed by atoms with Crippen LogP contribution in [-0.4, -0.2) is 29.7 Å². The molecule has 1 amide bonds. The number of carbonyl (C=O) groups is 2. The van der Waals surface area contributed by atoms with E-state index in [0.717, 1.165) is 35.1 Å². The van der Waals surface area contributed by atoms with E-state index in [1.165, 1.54) is 0 Å². The molecule has 0 bridgehead atoms. The molecule has 24 heavy (non-hydrogen) atoms. The summed E-state index contributed by atoms with van der Waals surface area (Å²) in [4.78, 5) is 27.2. The molecular weight excluding hydrogens is 298 g/mol. The van der Waals surface area contributed by atoms with Crippen molar-refractivity contribution in [2.24, 2.45) is 5.92 Å². The molecule has 0 aromatic heterocycles. The summed E-state index contributed by atoms with van der Waals surface area (Å²) in [6.45, 7) is 5.32. The van der Waals surface area contributed by atoms with Gasteiger partial charge in [0.1, 0.15) is 0 Å². The van der Waals surface area contributed by atoms with Crippen LogP contribution in [0.3, 0.4) is 0 Å². The van der Waals surface area contributed by atoms with Crippen molar-refractivity contribution in [1.29, 1.82) is 0 Å². The largest absolute Gasteiger partial charge is 0.339 e. The van der Waals surface area contributed by atoms with E-state index in [0.29, 0.717) is 13.1 Å². The number of benzene rings is 2. The van der Waals surface area contributed by atoms with Gasteiger partial charge >= 0.3 is 0 Å². The van der Waals surface area contributed by atoms with Crippen LogP contribution in [0.4, 0.5) is 0 Å². The van der Waals surface area contributed by atoms with E-state index in [4.69, 9.17) is 0 Å². The molecule has 0 aliphatic carbocycles. The minimum absolute atomic E-state index is 0.0232. The molecular formula is C21H23NO2. The monoisotopic (exact) mass is 321 g/mol. The quantitative estimate of drug-likeness (QED) is 0.800. The van der Waals surface area contributed by atoms with Crippen LogP contribution in [0.1, 0.15) is 44.7 Å². The summed E-state index contributed by atoms with van der Waals surface area (Å²) >= 11 is 0. The van der Waals surface area contributed by atoms with Gasteiger partial charge in [0.2, 0.25) is 0 Å². The zero-order valence-corrected chi connectivity index (χ0v) is 14.3. The summed E-state index contributed by atoms with van der Waals surface area (Å²) in [5.41, 5.74) is 3.74. The maximum atomic E-state index is 12.8. The van der Waals surface area contributed by atoms with E-state index in [1.807, 2.05) is 67.3 Å². The second-order valence-electron chi connectivity index (χ2n) is 6.54. The van der Waals surface area contributed by atoms with Crippen LogP contribution in [0.15, 0.2) is 48.5 Å². The van der Waals surface area contributed by atoms with E-state index >= 15 is 0 Å². The summed E-state index contributed by atoms with van der Waals surface area (Å²) in [5, 5.41) is 0. The summed E-state index contributed by atoms with van der Waals surface area (Å²) in [5.74, 6) is 0.311. The first-order valence-corrected chi connectivity index (χ1v) is 8.52. The molecule has 0 N–H and O–H groups in total. The normalized spacial score (nSPS) is 15.3. The third-order valence-electron chi connectivity index (χ3n) is 5.05. The Labute approximate surface area is 143 Å². The Morgan fingerprint density at radius 2 is 1.58 bits per heavy atom. The first kappa shape index (κ1) is 16.4. The van der Waals surface area contributed by atoms with Crippen LogP contribution in [-0.2, 0) is 0 Å². The third kappa shape index (κ3) is 3.25. The highest BCUT2D eigenvalue weighted by Crippen LogP contribution is 2.24. The average molecular weight is 321 g/mol. The first-order valence-electron chi connectivity index (χ1n) is 8.52. The molecule has 3 rings (SSSR count). The van der Waals surface area contributed by atoms with Crippen LogP contribution in [0.2, 0.25) is 0 Å². The van der Waals surface area contributed by atoms with E-state index in [9.17, 15) is 9.59 Å². The number of Topliss-reactive ketones (excluding diaryl/α,β-unsaturated/α-hetero) is 1. The van der Waals surface area contributed by atoms with Gasteiger partial charge in [0, 0.05) is 30.1 Å². The van der Waals surface area contributed by atoms with Crippen LogP contribution >= 0.6 is 0 Å². The lowest BCUT2D eigenvalue weighted by Crippen LogP contribution is -2.40. The summed E-state index contributed by atoms with van der Waals surface area (Å²) in [6.07, 6.45) is 1.48. The molecule has 1 aliphatic rings. The van der Waals surface area contributed by atoms with Crippen molar-refractivity contribution in [1.82, 2.24) is 4.90 Å². The highest BCUT2D eigenvalue weighted by molar-refractivity contribution is 5.98. The van der Waals surface area contributed by atoms with Gasteiger partial charge in [-0.05, 0) is 43.9 Å². The summed E-state index contributed by atoms with van der Waals surface area (Å²) in [6, 6.07) is 15.3. The van der Waals surface area contributed by atoms with Gasteiger partial charge in [-0.3, -0.25) is 9.59 Å². The number of aryl methyl sites for hydroxylation is 1. The molecule has 1 saturated heterocycles. The summed E-state index contributed by atoms with van der Waals surface area (Å²) < 4.78 is 0. The Hall–Kier alpha value is -2.42. The van der Waals surface area contributed by atoms with Crippen LogP contribution < -0.4 is 0 Å². The number of hydrogen-bond donors (Lipinski definition) is 0. The van der Waals surface area contributed by atoms with Crippen molar-refractivity contribution >= 4 is 11.7 Å². The Bertz CT molecular complexity index is 744. The topological polar surface area (TPSA) is 37.4 Å². The highest BCUT2D eigenvalue weighted by Gasteiger charge is 2.28. The lowest BCUT2D eigenvalue weighted by molar-refractivity contribution is 0.0649. The zero-order chi connectivity index (χ0) is 17.1. The zero-order valence-electron chi connectivity index (χ0n) is 14.3. The van der Waals surface area contributed by atoms with Gasteiger partial charge in [-0.1, -0.05) is 42.5 Å². The van der Waals surface area contributed by atoms with Gasteiger partial charge in [0.15, 0.2) is 5.78 Å². The molecule has 2 aromatic rings. The fourth-order valence-corrected chi connectivity index (χ4v) is 3.34. The molecule has 0 unspecified atom stereocenters. The van der Waals surface area contributed by atoms with Crippen LogP contribution in [0.5, 0.6) is 0 Å². The molecule has 0 radical (unpaired) electrons. The van der Waals surface area contributed by atoms with E-state index < -0.39 is 0 Å². The number of nitrogens with zero attached hydrogens (tertiary/aromatic N) is 1. The van der Waals surface area contributed by atoms with Crippen molar-refractivity contribution in [2.45, 2.75) is 26.7 Å². The summed E-state index contributed by atoms with van der Waals surface area (Å²) in [7, 11) is 0. The molecule has 1 heterocycles. The fourth-order valence-electron chi connectivity index (χ4n) is 3.34. The van der Waals surface area contributed by atoms with Gasteiger partial charge in [0.05, 0.1) is 0 Å². The van der Waals surface area contributed by atoms with Crippen molar-refractivity contribution in [3.8, 4) is 0 Å². The predicted octanol–water partition coefficient (Wildman–Crippen LogP) is 4.04. The molecule has 1 fully saturated rings. The lowest BCUT2D eigenvalue weighted by atomic mass is 9.88.